The molecule has 2 atom stereocenters. The average Bonchev–Trinajstić information content (AvgIpc) is 2.41. The van der Waals surface area contributed by atoms with Gasteiger partial charge in [-0.2, -0.15) is 0 Å². The maximum absolute atomic E-state index is 12.0. The van der Waals surface area contributed by atoms with Crippen molar-refractivity contribution in [2.75, 3.05) is 20.6 Å². The van der Waals surface area contributed by atoms with E-state index in [-0.39, 0.29) is 5.91 Å². The Morgan fingerprint density at radius 1 is 1.20 bits per heavy atom. The van der Waals surface area contributed by atoms with Gasteiger partial charge in [-0.15, -0.1) is 0 Å². The molecule has 0 bridgehead atoms. The summed E-state index contributed by atoms with van der Waals surface area (Å²) in [6.07, 6.45) is 5.95. The third-order valence-electron chi connectivity index (χ3n) is 4.06. The standard InChI is InChI=1S/C17H26N2O/c1-19(2)13-17(20)18-16-11-7-6-10-15(16)12-14-8-4-3-5-9-14/h3-5,8-9,15-16H,6-7,10-13H2,1-2H3,(H,18,20)/t15-,16+/m0/s1. The summed E-state index contributed by atoms with van der Waals surface area (Å²) in [6.45, 7) is 0.481. The van der Waals surface area contributed by atoms with Gasteiger partial charge in [0, 0.05) is 6.04 Å². The van der Waals surface area contributed by atoms with Crippen molar-refractivity contribution in [3.63, 3.8) is 0 Å². The van der Waals surface area contributed by atoms with E-state index in [1.165, 1.54) is 24.8 Å². The van der Waals surface area contributed by atoms with E-state index in [0.717, 1.165) is 12.8 Å². The third kappa shape index (κ3) is 4.64. The molecule has 2 rings (SSSR count). The summed E-state index contributed by atoms with van der Waals surface area (Å²) in [7, 11) is 3.86. The molecule has 0 radical (unpaired) electrons. The van der Waals surface area contributed by atoms with Crippen LogP contribution in [0, 0.1) is 5.92 Å². The molecular formula is C17H26N2O. The largest absolute Gasteiger partial charge is 0.352 e. The van der Waals surface area contributed by atoms with Gasteiger partial charge in [-0.1, -0.05) is 43.2 Å². The van der Waals surface area contributed by atoms with Crippen LogP contribution in [-0.2, 0) is 11.2 Å². The van der Waals surface area contributed by atoms with Crippen molar-refractivity contribution >= 4 is 5.91 Å². The molecule has 0 aromatic heterocycles. The summed E-state index contributed by atoms with van der Waals surface area (Å²) in [5.41, 5.74) is 1.38. The van der Waals surface area contributed by atoms with E-state index in [4.69, 9.17) is 0 Å². The second-order valence-corrected chi connectivity index (χ2v) is 6.15. The molecule has 1 fully saturated rings. The fourth-order valence-corrected chi connectivity index (χ4v) is 3.10. The van der Waals surface area contributed by atoms with Crippen LogP contribution in [0.5, 0.6) is 0 Å². The van der Waals surface area contributed by atoms with Gasteiger partial charge in [0.05, 0.1) is 6.54 Å². The first kappa shape index (κ1) is 15.0. The summed E-state index contributed by atoms with van der Waals surface area (Å²) < 4.78 is 0. The minimum absolute atomic E-state index is 0.153. The highest BCUT2D eigenvalue weighted by molar-refractivity contribution is 5.78. The molecule has 1 aromatic rings. The lowest BCUT2D eigenvalue weighted by Gasteiger charge is -2.32. The first-order valence-electron chi connectivity index (χ1n) is 7.63. The maximum Gasteiger partial charge on any atom is 0.234 e. The summed E-state index contributed by atoms with van der Waals surface area (Å²) >= 11 is 0. The zero-order valence-corrected chi connectivity index (χ0v) is 12.6. The number of nitrogens with one attached hydrogen (secondary N) is 1. The summed E-state index contributed by atoms with van der Waals surface area (Å²) in [5, 5.41) is 3.24. The zero-order valence-electron chi connectivity index (χ0n) is 12.6. The first-order valence-corrected chi connectivity index (χ1v) is 7.63. The molecule has 3 nitrogen and oxygen atoms in total. The molecule has 1 aliphatic carbocycles. The topological polar surface area (TPSA) is 32.3 Å². The van der Waals surface area contributed by atoms with Crippen molar-refractivity contribution in [2.24, 2.45) is 5.92 Å². The van der Waals surface area contributed by atoms with Crippen LogP contribution in [0.25, 0.3) is 0 Å². The Morgan fingerprint density at radius 3 is 2.60 bits per heavy atom. The van der Waals surface area contributed by atoms with Crippen molar-refractivity contribution < 1.29 is 4.79 Å². The van der Waals surface area contributed by atoms with Gasteiger partial charge in [0.1, 0.15) is 0 Å². The number of carbonyl (C=O) groups excluding carboxylic acids is 1. The fraction of sp³-hybridized carbons (Fsp3) is 0.588. The van der Waals surface area contributed by atoms with E-state index in [9.17, 15) is 4.79 Å². The summed E-state index contributed by atoms with van der Waals surface area (Å²) in [4.78, 5) is 13.9. The van der Waals surface area contributed by atoms with Crippen LogP contribution in [0.2, 0.25) is 0 Å². The van der Waals surface area contributed by atoms with Crippen LogP contribution in [-0.4, -0.2) is 37.5 Å². The minimum Gasteiger partial charge on any atom is -0.352 e. The lowest BCUT2D eigenvalue weighted by Crippen LogP contribution is -2.45. The lowest BCUT2D eigenvalue weighted by molar-refractivity contribution is -0.123. The molecule has 0 spiro atoms. The first-order chi connectivity index (χ1) is 9.65. The Balaban J connectivity index is 1.93. The molecule has 3 heteroatoms. The van der Waals surface area contributed by atoms with Crippen molar-refractivity contribution in [2.45, 2.75) is 38.1 Å². The minimum atomic E-state index is 0.153. The second-order valence-electron chi connectivity index (χ2n) is 6.15. The normalized spacial score (nSPS) is 22.8. The van der Waals surface area contributed by atoms with Crippen LogP contribution in [0.15, 0.2) is 30.3 Å². The number of amides is 1. The molecule has 0 aliphatic heterocycles. The molecule has 1 N–H and O–H groups in total. The maximum atomic E-state index is 12.0. The highest BCUT2D eigenvalue weighted by Gasteiger charge is 2.26. The molecule has 0 saturated heterocycles. The smallest absolute Gasteiger partial charge is 0.234 e. The number of hydrogen-bond acceptors (Lipinski definition) is 2. The van der Waals surface area contributed by atoms with Crippen LogP contribution in [0.4, 0.5) is 0 Å². The van der Waals surface area contributed by atoms with Gasteiger partial charge in [0.25, 0.3) is 0 Å². The molecule has 1 aliphatic rings. The van der Waals surface area contributed by atoms with E-state index >= 15 is 0 Å². The molecule has 0 heterocycles. The van der Waals surface area contributed by atoms with Crippen LogP contribution >= 0.6 is 0 Å². The fourth-order valence-electron chi connectivity index (χ4n) is 3.10. The van der Waals surface area contributed by atoms with E-state index in [1.807, 2.05) is 19.0 Å². The van der Waals surface area contributed by atoms with Crippen LogP contribution < -0.4 is 5.32 Å². The Hall–Kier alpha value is -1.35. The second kappa shape index (κ2) is 7.44. The number of carbonyl (C=O) groups is 1. The quantitative estimate of drug-likeness (QED) is 0.894. The predicted molar refractivity (Wildman–Crippen MR) is 82.6 cm³/mol. The van der Waals surface area contributed by atoms with E-state index < -0.39 is 0 Å². The number of rotatable bonds is 5. The molecule has 0 unspecified atom stereocenters. The number of hydrogen-bond donors (Lipinski definition) is 1. The van der Waals surface area contributed by atoms with Gasteiger partial charge in [-0.25, -0.2) is 0 Å². The summed E-state index contributed by atoms with van der Waals surface area (Å²) in [6, 6.07) is 11.0. The zero-order chi connectivity index (χ0) is 14.4. The van der Waals surface area contributed by atoms with Crippen LogP contribution in [0.1, 0.15) is 31.2 Å². The number of benzene rings is 1. The highest BCUT2D eigenvalue weighted by atomic mass is 16.2. The van der Waals surface area contributed by atoms with E-state index in [1.54, 1.807) is 0 Å². The highest BCUT2D eigenvalue weighted by Crippen LogP contribution is 2.27. The van der Waals surface area contributed by atoms with Crippen molar-refractivity contribution in [3.05, 3.63) is 35.9 Å². The van der Waals surface area contributed by atoms with Gasteiger partial charge in [-0.05, 0) is 44.8 Å². The van der Waals surface area contributed by atoms with Crippen molar-refractivity contribution in [1.82, 2.24) is 10.2 Å². The molecule has 20 heavy (non-hydrogen) atoms. The van der Waals surface area contributed by atoms with Gasteiger partial charge in [0.15, 0.2) is 0 Å². The Kier molecular flexibility index (Phi) is 5.60. The number of likely N-dealkylation sites (N-methyl/N-ethyl adjacent to an activating group) is 1. The lowest BCUT2D eigenvalue weighted by atomic mass is 9.80. The average molecular weight is 274 g/mol. The molecule has 1 aromatic carbocycles. The molecule has 1 amide bonds. The molecular weight excluding hydrogens is 248 g/mol. The Labute approximate surface area is 122 Å². The van der Waals surface area contributed by atoms with Gasteiger partial charge in [0.2, 0.25) is 5.91 Å². The Bertz CT molecular complexity index is 416. The van der Waals surface area contributed by atoms with Crippen LogP contribution in [0.3, 0.4) is 0 Å². The van der Waals surface area contributed by atoms with Crippen molar-refractivity contribution in [1.29, 1.82) is 0 Å². The predicted octanol–water partition coefficient (Wildman–Crippen LogP) is 2.47. The van der Waals surface area contributed by atoms with Gasteiger partial charge >= 0.3 is 0 Å². The van der Waals surface area contributed by atoms with E-state index in [0.29, 0.717) is 18.5 Å². The molecule has 110 valence electrons. The van der Waals surface area contributed by atoms with Gasteiger partial charge < -0.3 is 10.2 Å². The van der Waals surface area contributed by atoms with Crippen molar-refractivity contribution in [3.8, 4) is 0 Å². The third-order valence-corrected chi connectivity index (χ3v) is 4.06. The number of nitrogens with zero attached hydrogens (tertiary/aromatic N) is 1. The SMILES string of the molecule is CN(C)CC(=O)N[C@@H]1CCCC[C@H]1Cc1ccccc1. The van der Waals surface area contributed by atoms with E-state index in [2.05, 4.69) is 35.6 Å². The molecule has 1 saturated carbocycles. The monoisotopic (exact) mass is 274 g/mol. The summed E-state index contributed by atoms with van der Waals surface area (Å²) in [5.74, 6) is 0.734. The van der Waals surface area contributed by atoms with Gasteiger partial charge in [-0.3, -0.25) is 4.79 Å². The Morgan fingerprint density at radius 2 is 1.90 bits per heavy atom.